The maximum Gasteiger partial charge on any atom is 0.243 e. The second-order valence-corrected chi connectivity index (χ2v) is 10.2. The Kier molecular flexibility index (Phi) is 8.37. The minimum absolute atomic E-state index is 0.0234. The van der Waals surface area contributed by atoms with E-state index in [-0.39, 0.29) is 29.0 Å². The fourth-order valence-corrected chi connectivity index (χ4v) is 5.11. The highest BCUT2D eigenvalue weighted by atomic mass is 35.5. The van der Waals surface area contributed by atoms with Crippen LogP contribution < -0.4 is 10.1 Å². The number of halogens is 2. The Balaban J connectivity index is 1.85. The van der Waals surface area contributed by atoms with E-state index in [2.05, 4.69) is 5.32 Å². The molecule has 3 aromatic rings. The number of ether oxygens (including phenoxy) is 1. The van der Waals surface area contributed by atoms with E-state index in [1.54, 1.807) is 24.3 Å². The van der Waals surface area contributed by atoms with Crippen molar-refractivity contribution in [2.75, 3.05) is 13.7 Å². The summed E-state index contributed by atoms with van der Waals surface area (Å²) in [5, 5.41) is 3.61. The normalized spacial score (nSPS) is 12.4. The molecule has 33 heavy (non-hydrogen) atoms. The van der Waals surface area contributed by atoms with Gasteiger partial charge in [0.25, 0.3) is 0 Å². The van der Waals surface area contributed by atoms with Gasteiger partial charge in [0.2, 0.25) is 15.9 Å². The lowest BCUT2D eigenvalue weighted by Gasteiger charge is -2.23. The molecule has 0 heterocycles. The largest absolute Gasteiger partial charge is 0.495 e. The molecule has 3 aromatic carbocycles. The lowest BCUT2D eigenvalue weighted by Crippen LogP contribution is -2.41. The summed E-state index contributed by atoms with van der Waals surface area (Å²) in [4.78, 5) is 12.8. The molecule has 174 valence electrons. The van der Waals surface area contributed by atoms with Gasteiger partial charge in [-0.3, -0.25) is 4.79 Å². The van der Waals surface area contributed by atoms with Crippen molar-refractivity contribution in [1.29, 1.82) is 0 Å². The van der Waals surface area contributed by atoms with Gasteiger partial charge in [0, 0.05) is 11.6 Å². The smallest absolute Gasteiger partial charge is 0.243 e. The zero-order valence-corrected chi connectivity index (χ0v) is 20.5. The molecule has 1 atom stereocenters. The van der Waals surface area contributed by atoms with Gasteiger partial charge in [0.1, 0.15) is 5.75 Å². The molecule has 0 saturated heterocycles. The van der Waals surface area contributed by atoms with Crippen LogP contribution in [0.4, 0.5) is 0 Å². The third-order valence-electron chi connectivity index (χ3n) is 5.03. The van der Waals surface area contributed by atoms with Crippen molar-refractivity contribution in [2.45, 2.75) is 24.4 Å². The maximum absolute atomic E-state index is 13.4. The molecule has 0 fully saturated rings. The van der Waals surface area contributed by atoms with Crippen LogP contribution in [0.3, 0.4) is 0 Å². The van der Waals surface area contributed by atoms with Gasteiger partial charge < -0.3 is 10.1 Å². The number of methoxy groups -OCH3 is 1. The van der Waals surface area contributed by atoms with Crippen LogP contribution in [0, 0.1) is 0 Å². The Hall–Kier alpha value is -2.58. The fraction of sp³-hybridized carbons (Fsp3) is 0.208. The fourth-order valence-electron chi connectivity index (χ4n) is 3.25. The first-order valence-corrected chi connectivity index (χ1v) is 12.3. The summed E-state index contributed by atoms with van der Waals surface area (Å²) >= 11 is 12.1. The topological polar surface area (TPSA) is 75.7 Å². The summed E-state index contributed by atoms with van der Waals surface area (Å²) in [6.07, 6.45) is 0. The van der Waals surface area contributed by atoms with Gasteiger partial charge in [-0.05, 0) is 48.4 Å². The summed E-state index contributed by atoms with van der Waals surface area (Å²) in [7, 11) is -2.59. The average Bonchev–Trinajstić information content (AvgIpc) is 2.79. The van der Waals surface area contributed by atoms with E-state index in [0.29, 0.717) is 10.8 Å². The first-order chi connectivity index (χ1) is 15.7. The SMILES string of the molecule is COc1ccc(S(=O)(=O)N(CC(=O)N[C@@H](C)c2ccc(Cl)cc2)Cc2ccccc2)cc1Cl. The van der Waals surface area contributed by atoms with Crippen LogP contribution in [-0.4, -0.2) is 32.3 Å². The van der Waals surface area contributed by atoms with Crippen LogP contribution in [0.15, 0.2) is 77.7 Å². The predicted molar refractivity (Wildman–Crippen MR) is 130 cm³/mol. The van der Waals surface area contributed by atoms with E-state index in [4.69, 9.17) is 27.9 Å². The van der Waals surface area contributed by atoms with E-state index in [1.807, 2.05) is 37.3 Å². The van der Waals surface area contributed by atoms with E-state index < -0.39 is 15.9 Å². The molecule has 0 aliphatic carbocycles. The number of carbonyl (C=O) groups excluding carboxylic acids is 1. The van der Waals surface area contributed by atoms with Gasteiger partial charge in [-0.15, -0.1) is 0 Å². The minimum atomic E-state index is -4.03. The molecule has 0 aliphatic heterocycles. The molecular weight excluding hydrogens is 483 g/mol. The number of carbonyl (C=O) groups is 1. The molecule has 9 heteroatoms. The Bertz CT molecular complexity index is 1200. The van der Waals surface area contributed by atoms with Crippen molar-refractivity contribution in [3.05, 3.63) is 94.0 Å². The zero-order valence-electron chi connectivity index (χ0n) is 18.2. The van der Waals surface area contributed by atoms with Gasteiger partial charge >= 0.3 is 0 Å². The monoisotopic (exact) mass is 506 g/mol. The third-order valence-corrected chi connectivity index (χ3v) is 7.37. The molecular formula is C24H24Cl2N2O4S. The number of rotatable bonds is 9. The summed E-state index contributed by atoms with van der Waals surface area (Å²) in [5.74, 6) is -0.0728. The van der Waals surface area contributed by atoms with Crippen LogP contribution >= 0.6 is 23.2 Å². The Labute approximate surface area is 204 Å². The molecule has 0 aromatic heterocycles. The lowest BCUT2D eigenvalue weighted by atomic mass is 10.1. The highest BCUT2D eigenvalue weighted by Gasteiger charge is 2.28. The molecule has 6 nitrogen and oxygen atoms in total. The van der Waals surface area contributed by atoms with Gasteiger partial charge in [0.15, 0.2) is 0 Å². The van der Waals surface area contributed by atoms with Crippen LogP contribution in [0.5, 0.6) is 5.75 Å². The van der Waals surface area contributed by atoms with Crippen LogP contribution in [-0.2, 0) is 21.4 Å². The Morgan fingerprint density at radius 2 is 1.70 bits per heavy atom. The predicted octanol–water partition coefficient (Wildman–Crippen LogP) is 5.07. The molecule has 1 amide bonds. The second kappa shape index (κ2) is 11.0. The first kappa shape index (κ1) is 25.1. The molecule has 0 radical (unpaired) electrons. The highest BCUT2D eigenvalue weighted by molar-refractivity contribution is 7.89. The summed E-state index contributed by atoms with van der Waals surface area (Å²) < 4.78 is 33.1. The Morgan fingerprint density at radius 1 is 1.03 bits per heavy atom. The lowest BCUT2D eigenvalue weighted by molar-refractivity contribution is -0.122. The van der Waals surface area contributed by atoms with Gasteiger partial charge in [-0.2, -0.15) is 4.31 Å². The van der Waals surface area contributed by atoms with Crippen molar-refractivity contribution in [3.63, 3.8) is 0 Å². The minimum Gasteiger partial charge on any atom is -0.495 e. The van der Waals surface area contributed by atoms with Crippen molar-refractivity contribution in [3.8, 4) is 5.75 Å². The van der Waals surface area contributed by atoms with Crippen molar-refractivity contribution in [2.24, 2.45) is 0 Å². The number of nitrogens with zero attached hydrogens (tertiary/aromatic N) is 1. The molecule has 0 bridgehead atoms. The summed E-state index contributed by atoms with van der Waals surface area (Å²) in [6, 6.07) is 20.1. The second-order valence-electron chi connectivity index (χ2n) is 7.40. The molecule has 1 N–H and O–H groups in total. The maximum atomic E-state index is 13.4. The van der Waals surface area contributed by atoms with Gasteiger partial charge in [0.05, 0.1) is 29.6 Å². The van der Waals surface area contributed by atoms with Crippen molar-refractivity contribution < 1.29 is 17.9 Å². The highest BCUT2D eigenvalue weighted by Crippen LogP contribution is 2.29. The Morgan fingerprint density at radius 3 is 2.30 bits per heavy atom. The van der Waals surface area contributed by atoms with E-state index in [9.17, 15) is 13.2 Å². The first-order valence-electron chi connectivity index (χ1n) is 10.1. The molecule has 0 spiro atoms. The van der Waals surface area contributed by atoms with Crippen LogP contribution in [0.1, 0.15) is 24.1 Å². The number of benzene rings is 3. The van der Waals surface area contributed by atoms with Gasteiger partial charge in [-0.25, -0.2) is 8.42 Å². The third kappa shape index (κ3) is 6.48. The van der Waals surface area contributed by atoms with E-state index >= 15 is 0 Å². The molecule has 0 unspecified atom stereocenters. The number of sulfonamides is 1. The van der Waals surface area contributed by atoms with Crippen molar-refractivity contribution in [1.82, 2.24) is 9.62 Å². The average molecular weight is 507 g/mol. The van der Waals surface area contributed by atoms with Crippen molar-refractivity contribution >= 4 is 39.1 Å². The number of nitrogens with one attached hydrogen (secondary N) is 1. The van der Waals surface area contributed by atoms with E-state index in [1.165, 1.54) is 25.3 Å². The summed E-state index contributed by atoms with van der Waals surface area (Å²) in [5.41, 5.74) is 1.60. The van der Waals surface area contributed by atoms with Gasteiger partial charge in [-0.1, -0.05) is 65.7 Å². The number of hydrogen-bond donors (Lipinski definition) is 1. The van der Waals surface area contributed by atoms with Crippen LogP contribution in [0.25, 0.3) is 0 Å². The quantitative estimate of drug-likeness (QED) is 0.439. The number of hydrogen-bond acceptors (Lipinski definition) is 4. The zero-order chi connectivity index (χ0) is 24.0. The standard InChI is InChI=1S/C24H24Cl2N2O4S/c1-17(19-8-10-20(25)11-9-19)27-24(29)16-28(15-18-6-4-3-5-7-18)33(30,31)21-12-13-23(32-2)22(26)14-21/h3-14,17H,15-16H2,1-2H3,(H,27,29)/t17-/m0/s1. The summed E-state index contributed by atoms with van der Waals surface area (Å²) in [6.45, 7) is 1.48. The van der Waals surface area contributed by atoms with E-state index in [0.717, 1.165) is 15.4 Å². The van der Waals surface area contributed by atoms with Crippen LogP contribution in [0.2, 0.25) is 10.0 Å². The molecule has 0 aliphatic rings. The molecule has 0 saturated carbocycles. The number of amides is 1. The molecule has 3 rings (SSSR count).